The summed E-state index contributed by atoms with van der Waals surface area (Å²) in [6, 6.07) is 3.73. The molecule has 0 unspecified atom stereocenters. The Kier molecular flexibility index (Phi) is 4.84. The minimum absolute atomic E-state index is 0.0594. The second-order valence-electron chi connectivity index (χ2n) is 5.58. The fourth-order valence-corrected chi connectivity index (χ4v) is 3.05. The molecule has 1 aromatic rings. The van der Waals surface area contributed by atoms with E-state index in [1.54, 1.807) is 6.20 Å². The third-order valence-electron chi connectivity index (χ3n) is 4.21. The highest BCUT2D eigenvalue weighted by Crippen LogP contribution is 2.19. The third-order valence-corrected chi connectivity index (χ3v) is 4.21. The van der Waals surface area contributed by atoms with E-state index in [-0.39, 0.29) is 18.1 Å². The van der Waals surface area contributed by atoms with Crippen molar-refractivity contribution in [2.45, 2.75) is 25.5 Å². The van der Waals surface area contributed by atoms with Gasteiger partial charge in [0.2, 0.25) is 0 Å². The van der Waals surface area contributed by atoms with Crippen LogP contribution in [0.15, 0.2) is 18.3 Å². The average molecular weight is 306 g/mol. The predicted molar refractivity (Wildman–Crippen MR) is 80.6 cm³/mol. The number of ether oxygens (including phenoxy) is 2. The van der Waals surface area contributed by atoms with Crippen molar-refractivity contribution in [2.75, 3.05) is 44.3 Å². The molecule has 0 bridgehead atoms. The van der Waals surface area contributed by atoms with E-state index in [0.717, 1.165) is 38.4 Å². The normalized spacial score (nSPS) is 26.0. The van der Waals surface area contributed by atoms with Gasteiger partial charge in [-0.1, -0.05) is 0 Å². The van der Waals surface area contributed by atoms with Crippen molar-refractivity contribution >= 4 is 11.8 Å². The number of aromatic nitrogens is 2. The molecule has 0 amide bonds. The van der Waals surface area contributed by atoms with Crippen molar-refractivity contribution in [1.29, 1.82) is 0 Å². The lowest BCUT2D eigenvalue weighted by Gasteiger charge is -2.37. The van der Waals surface area contributed by atoms with Gasteiger partial charge in [0, 0.05) is 38.8 Å². The largest absolute Gasteiger partial charge is 0.464 e. The summed E-state index contributed by atoms with van der Waals surface area (Å²) >= 11 is 0. The minimum Gasteiger partial charge on any atom is -0.464 e. The first kappa shape index (κ1) is 15.2. The number of nitrogens with zero attached hydrogens (tertiary/aromatic N) is 4. The van der Waals surface area contributed by atoms with Gasteiger partial charge in [0.25, 0.3) is 0 Å². The third kappa shape index (κ3) is 3.36. The molecule has 0 N–H and O–H groups in total. The number of hydrogen-bond acceptors (Lipinski definition) is 7. The molecule has 2 atom stereocenters. The summed E-state index contributed by atoms with van der Waals surface area (Å²) in [4.78, 5) is 16.1. The highest BCUT2D eigenvalue weighted by Gasteiger charge is 2.35. The van der Waals surface area contributed by atoms with Crippen LogP contribution in [0.3, 0.4) is 0 Å². The molecule has 3 heterocycles. The number of cyclic esters (lactones) is 1. The van der Waals surface area contributed by atoms with Crippen molar-refractivity contribution in [3.63, 3.8) is 0 Å². The quantitative estimate of drug-likeness (QED) is 0.726. The molecule has 0 saturated carbocycles. The van der Waals surface area contributed by atoms with Crippen LogP contribution in [0.4, 0.5) is 5.82 Å². The van der Waals surface area contributed by atoms with E-state index in [4.69, 9.17) is 9.47 Å². The molecule has 2 aliphatic rings. The molecule has 7 heteroatoms. The summed E-state index contributed by atoms with van der Waals surface area (Å²) in [5.41, 5.74) is 0. The zero-order chi connectivity index (χ0) is 15.4. The predicted octanol–water partition coefficient (Wildman–Crippen LogP) is 0.319. The van der Waals surface area contributed by atoms with E-state index >= 15 is 0 Å². The molecule has 120 valence electrons. The van der Waals surface area contributed by atoms with Crippen LogP contribution >= 0.6 is 0 Å². The van der Waals surface area contributed by atoms with Gasteiger partial charge in [-0.05, 0) is 19.1 Å². The maximum absolute atomic E-state index is 11.7. The molecule has 22 heavy (non-hydrogen) atoms. The second-order valence-corrected chi connectivity index (χ2v) is 5.58. The van der Waals surface area contributed by atoms with Crippen LogP contribution < -0.4 is 4.90 Å². The zero-order valence-corrected chi connectivity index (χ0v) is 12.9. The maximum Gasteiger partial charge on any atom is 0.323 e. The average Bonchev–Trinajstić information content (AvgIpc) is 3.00. The van der Waals surface area contributed by atoms with Crippen LogP contribution in [-0.4, -0.2) is 72.6 Å². The van der Waals surface area contributed by atoms with Crippen LogP contribution in [0, 0.1) is 0 Å². The Hall–Kier alpha value is -1.73. The fourth-order valence-electron chi connectivity index (χ4n) is 3.05. The number of hydrogen-bond donors (Lipinski definition) is 0. The van der Waals surface area contributed by atoms with Gasteiger partial charge in [0.1, 0.15) is 6.04 Å². The summed E-state index contributed by atoms with van der Waals surface area (Å²) in [6.45, 7) is 6.38. The van der Waals surface area contributed by atoms with Crippen LogP contribution in [-0.2, 0) is 14.3 Å². The fraction of sp³-hybridized carbons (Fsp3) is 0.667. The molecule has 1 aromatic heterocycles. The highest BCUT2D eigenvalue weighted by atomic mass is 16.5. The molecule has 0 spiro atoms. The summed E-state index contributed by atoms with van der Waals surface area (Å²) in [5, 5.41) is 8.09. The van der Waals surface area contributed by atoms with Crippen LogP contribution in [0.1, 0.15) is 13.3 Å². The van der Waals surface area contributed by atoms with Gasteiger partial charge in [-0.2, -0.15) is 5.10 Å². The lowest BCUT2D eigenvalue weighted by molar-refractivity contribution is -0.144. The first-order valence-electron chi connectivity index (χ1n) is 7.83. The van der Waals surface area contributed by atoms with E-state index < -0.39 is 0 Å². The number of carbonyl (C=O) groups excluding carboxylic acids is 1. The van der Waals surface area contributed by atoms with Crippen LogP contribution in [0.25, 0.3) is 0 Å². The Morgan fingerprint density at radius 2 is 2.36 bits per heavy atom. The molecule has 0 aliphatic carbocycles. The maximum atomic E-state index is 11.7. The van der Waals surface area contributed by atoms with Gasteiger partial charge in [0.05, 0.1) is 19.3 Å². The molecule has 0 radical (unpaired) electrons. The second kappa shape index (κ2) is 7.02. The first-order chi connectivity index (χ1) is 10.8. The van der Waals surface area contributed by atoms with Crippen molar-refractivity contribution in [3.8, 4) is 0 Å². The molecular formula is C15H22N4O3. The van der Waals surface area contributed by atoms with Crippen molar-refractivity contribution in [3.05, 3.63) is 18.3 Å². The zero-order valence-electron chi connectivity index (χ0n) is 12.9. The monoisotopic (exact) mass is 306 g/mol. The molecule has 0 aromatic carbocycles. The van der Waals surface area contributed by atoms with Crippen molar-refractivity contribution < 1.29 is 14.3 Å². The SMILES string of the molecule is CCN(C[C@H]1CN([C@H]2CCOC2=O)CCO1)c1cccnn1. The number of morpholine rings is 1. The molecule has 7 nitrogen and oxygen atoms in total. The Bertz CT molecular complexity index is 499. The van der Waals surface area contributed by atoms with Gasteiger partial charge >= 0.3 is 5.97 Å². The lowest BCUT2D eigenvalue weighted by Crippen LogP contribution is -2.52. The topological polar surface area (TPSA) is 67.8 Å². The standard InChI is InChI=1S/C15H22N4O3/c1-2-18(14-4-3-6-16-17-14)10-12-11-19(7-9-21-12)13-5-8-22-15(13)20/h3-4,6,12-13H,2,5,7-11H2,1H3/t12-,13-/m0/s1. The van der Waals surface area contributed by atoms with Gasteiger partial charge in [0.15, 0.2) is 5.82 Å². The van der Waals surface area contributed by atoms with Crippen molar-refractivity contribution in [2.24, 2.45) is 0 Å². The number of carbonyl (C=O) groups is 1. The summed E-state index contributed by atoms with van der Waals surface area (Å²) in [5.74, 6) is 0.757. The van der Waals surface area contributed by atoms with E-state index in [1.165, 1.54) is 0 Å². The Balaban J connectivity index is 1.61. The Labute approximate surface area is 130 Å². The van der Waals surface area contributed by atoms with Gasteiger partial charge in [-0.15, -0.1) is 5.10 Å². The number of esters is 1. The lowest BCUT2D eigenvalue weighted by atomic mass is 10.1. The number of likely N-dealkylation sites (N-methyl/N-ethyl adjacent to an activating group) is 1. The number of rotatable bonds is 5. The molecule has 2 aliphatic heterocycles. The van der Waals surface area contributed by atoms with Crippen molar-refractivity contribution in [1.82, 2.24) is 15.1 Å². The van der Waals surface area contributed by atoms with E-state index in [0.29, 0.717) is 13.2 Å². The molecule has 2 fully saturated rings. The first-order valence-corrected chi connectivity index (χ1v) is 7.83. The van der Waals surface area contributed by atoms with Gasteiger partial charge < -0.3 is 14.4 Å². The Morgan fingerprint density at radius 1 is 1.45 bits per heavy atom. The molecule has 2 saturated heterocycles. The number of anilines is 1. The molecular weight excluding hydrogens is 284 g/mol. The van der Waals surface area contributed by atoms with Crippen LogP contribution in [0.2, 0.25) is 0 Å². The van der Waals surface area contributed by atoms with Gasteiger partial charge in [-0.25, -0.2) is 0 Å². The summed E-state index contributed by atoms with van der Waals surface area (Å²) < 4.78 is 10.9. The highest BCUT2D eigenvalue weighted by molar-refractivity contribution is 5.77. The molecule has 3 rings (SSSR count). The van der Waals surface area contributed by atoms with Gasteiger partial charge in [-0.3, -0.25) is 9.69 Å². The van der Waals surface area contributed by atoms with Crippen LogP contribution in [0.5, 0.6) is 0 Å². The minimum atomic E-state index is -0.0991. The summed E-state index contributed by atoms with van der Waals surface area (Å²) in [7, 11) is 0. The van der Waals surface area contributed by atoms with E-state index in [9.17, 15) is 4.79 Å². The Morgan fingerprint density at radius 3 is 3.05 bits per heavy atom. The van der Waals surface area contributed by atoms with E-state index in [1.807, 2.05) is 12.1 Å². The van der Waals surface area contributed by atoms with E-state index in [2.05, 4.69) is 26.9 Å². The smallest absolute Gasteiger partial charge is 0.323 e. The summed E-state index contributed by atoms with van der Waals surface area (Å²) in [6.07, 6.45) is 2.51.